The van der Waals surface area contributed by atoms with E-state index in [9.17, 15) is 4.79 Å². The third-order valence-corrected chi connectivity index (χ3v) is 5.03. The van der Waals surface area contributed by atoms with Crippen molar-refractivity contribution >= 4 is 16.7 Å². The summed E-state index contributed by atoms with van der Waals surface area (Å²) in [5.74, 6) is 0.983. The SMILES string of the molecule is COc1ccc2cc(C3(C)CC(=O)NC3(C)C)ccc2c1. The van der Waals surface area contributed by atoms with E-state index in [1.165, 1.54) is 10.9 Å². The second-order valence-corrected chi connectivity index (χ2v) is 6.61. The van der Waals surface area contributed by atoms with Gasteiger partial charge in [0, 0.05) is 17.4 Å². The Morgan fingerprint density at radius 3 is 2.33 bits per heavy atom. The third kappa shape index (κ3) is 2.08. The average Bonchev–Trinajstić information content (AvgIpc) is 2.66. The first-order valence-electron chi connectivity index (χ1n) is 7.25. The van der Waals surface area contributed by atoms with E-state index < -0.39 is 0 Å². The van der Waals surface area contributed by atoms with E-state index >= 15 is 0 Å². The molecule has 1 aliphatic rings. The van der Waals surface area contributed by atoms with Gasteiger partial charge in [-0.25, -0.2) is 0 Å². The van der Waals surface area contributed by atoms with Crippen molar-refractivity contribution in [2.45, 2.75) is 38.1 Å². The standard InChI is InChI=1S/C18H21NO2/c1-17(2)18(3,11-16(20)19-17)14-7-5-13-10-15(21-4)8-6-12(13)9-14/h5-10H,11H2,1-4H3,(H,19,20). The summed E-state index contributed by atoms with van der Waals surface area (Å²) in [6.45, 7) is 6.35. The van der Waals surface area contributed by atoms with Gasteiger partial charge in [-0.05, 0) is 42.3 Å². The number of methoxy groups -OCH3 is 1. The Balaban J connectivity index is 2.11. The lowest BCUT2D eigenvalue weighted by Crippen LogP contribution is -2.48. The van der Waals surface area contributed by atoms with Crippen LogP contribution >= 0.6 is 0 Å². The number of hydrogen-bond acceptors (Lipinski definition) is 2. The zero-order chi connectivity index (χ0) is 15.3. The summed E-state index contributed by atoms with van der Waals surface area (Å²) in [6.07, 6.45) is 0.529. The largest absolute Gasteiger partial charge is 0.497 e. The molecule has 0 saturated carbocycles. The number of rotatable bonds is 2. The Kier molecular flexibility index (Phi) is 2.97. The fourth-order valence-corrected chi connectivity index (χ4v) is 3.23. The first-order valence-corrected chi connectivity index (χ1v) is 7.25. The lowest BCUT2D eigenvalue weighted by atomic mass is 9.69. The smallest absolute Gasteiger partial charge is 0.221 e. The molecular formula is C18H21NO2. The summed E-state index contributed by atoms with van der Waals surface area (Å²) in [7, 11) is 1.68. The number of nitrogens with one attached hydrogen (secondary N) is 1. The van der Waals surface area contributed by atoms with Crippen molar-refractivity contribution in [2.24, 2.45) is 0 Å². The Bertz CT molecular complexity index is 720. The van der Waals surface area contributed by atoms with Crippen LogP contribution in [-0.4, -0.2) is 18.6 Å². The minimum Gasteiger partial charge on any atom is -0.497 e. The number of benzene rings is 2. The fraction of sp³-hybridized carbons (Fsp3) is 0.389. The van der Waals surface area contributed by atoms with Crippen molar-refractivity contribution in [3.63, 3.8) is 0 Å². The Hall–Kier alpha value is -2.03. The van der Waals surface area contributed by atoms with Crippen LogP contribution in [0, 0.1) is 0 Å². The molecule has 0 radical (unpaired) electrons. The summed E-state index contributed by atoms with van der Waals surface area (Å²) in [5, 5.41) is 5.41. The first-order chi connectivity index (χ1) is 9.85. The maximum Gasteiger partial charge on any atom is 0.221 e. The average molecular weight is 283 g/mol. The number of ether oxygens (including phenoxy) is 1. The summed E-state index contributed by atoms with van der Waals surface area (Å²) >= 11 is 0. The minimum absolute atomic E-state index is 0.123. The van der Waals surface area contributed by atoms with E-state index in [4.69, 9.17) is 4.74 Å². The highest BCUT2D eigenvalue weighted by atomic mass is 16.5. The van der Waals surface area contributed by atoms with Crippen molar-refractivity contribution in [3.05, 3.63) is 42.0 Å². The molecule has 1 saturated heterocycles. The molecule has 0 bridgehead atoms. The Morgan fingerprint density at radius 2 is 1.71 bits per heavy atom. The van der Waals surface area contributed by atoms with Crippen LogP contribution in [0.25, 0.3) is 10.8 Å². The van der Waals surface area contributed by atoms with E-state index in [2.05, 4.69) is 50.4 Å². The number of carbonyl (C=O) groups excluding carboxylic acids is 1. The highest BCUT2D eigenvalue weighted by Crippen LogP contribution is 2.43. The summed E-state index contributed by atoms with van der Waals surface area (Å²) in [5.41, 5.74) is 0.756. The van der Waals surface area contributed by atoms with E-state index in [-0.39, 0.29) is 16.9 Å². The molecule has 1 amide bonds. The van der Waals surface area contributed by atoms with Gasteiger partial charge in [0.1, 0.15) is 5.75 Å². The second kappa shape index (κ2) is 4.48. The minimum atomic E-state index is -0.246. The maximum absolute atomic E-state index is 11.9. The first kappa shape index (κ1) is 13.9. The fourth-order valence-electron chi connectivity index (χ4n) is 3.23. The van der Waals surface area contributed by atoms with Gasteiger partial charge in [-0.1, -0.05) is 31.2 Å². The van der Waals surface area contributed by atoms with Crippen LogP contribution in [0.2, 0.25) is 0 Å². The highest BCUT2D eigenvalue weighted by molar-refractivity contribution is 5.86. The van der Waals surface area contributed by atoms with Crippen LogP contribution in [0.3, 0.4) is 0 Å². The second-order valence-electron chi connectivity index (χ2n) is 6.61. The molecule has 2 aromatic carbocycles. The molecule has 1 fully saturated rings. The van der Waals surface area contributed by atoms with Gasteiger partial charge in [-0.3, -0.25) is 4.79 Å². The lowest BCUT2D eigenvalue weighted by molar-refractivity contribution is -0.119. The van der Waals surface area contributed by atoms with Gasteiger partial charge in [0.15, 0.2) is 0 Å². The van der Waals surface area contributed by atoms with Crippen molar-refractivity contribution in [3.8, 4) is 5.75 Å². The molecule has 1 aliphatic heterocycles. The summed E-state index contributed by atoms with van der Waals surface area (Å²) < 4.78 is 5.26. The molecule has 110 valence electrons. The quantitative estimate of drug-likeness (QED) is 0.917. The third-order valence-electron chi connectivity index (χ3n) is 5.03. The molecule has 3 rings (SSSR count). The van der Waals surface area contributed by atoms with Crippen molar-refractivity contribution in [2.75, 3.05) is 7.11 Å². The van der Waals surface area contributed by atoms with Gasteiger partial charge >= 0.3 is 0 Å². The number of hydrogen-bond donors (Lipinski definition) is 1. The molecule has 2 aromatic rings. The molecule has 0 aliphatic carbocycles. The molecule has 1 N–H and O–H groups in total. The topological polar surface area (TPSA) is 38.3 Å². The van der Waals surface area contributed by atoms with Gasteiger partial charge in [-0.2, -0.15) is 0 Å². The maximum atomic E-state index is 11.9. The van der Waals surface area contributed by atoms with Gasteiger partial charge in [-0.15, -0.1) is 0 Å². The van der Waals surface area contributed by atoms with Crippen LogP contribution in [0.15, 0.2) is 36.4 Å². The molecule has 0 spiro atoms. The Labute approximate surface area is 125 Å². The molecular weight excluding hydrogens is 262 g/mol. The van der Waals surface area contributed by atoms with Gasteiger partial charge in [0.25, 0.3) is 0 Å². The molecule has 3 heteroatoms. The Morgan fingerprint density at radius 1 is 1.05 bits per heavy atom. The zero-order valence-electron chi connectivity index (χ0n) is 13.0. The van der Waals surface area contributed by atoms with Crippen LogP contribution in [0.5, 0.6) is 5.75 Å². The predicted molar refractivity (Wildman–Crippen MR) is 84.7 cm³/mol. The molecule has 1 heterocycles. The number of amides is 1. The van der Waals surface area contributed by atoms with E-state index in [0.29, 0.717) is 6.42 Å². The van der Waals surface area contributed by atoms with Crippen molar-refractivity contribution < 1.29 is 9.53 Å². The molecule has 1 atom stereocenters. The predicted octanol–water partition coefficient (Wildman–Crippen LogP) is 3.40. The highest BCUT2D eigenvalue weighted by Gasteiger charge is 2.50. The van der Waals surface area contributed by atoms with E-state index in [1.54, 1.807) is 7.11 Å². The van der Waals surface area contributed by atoms with E-state index in [1.807, 2.05) is 12.1 Å². The van der Waals surface area contributed by atoms with E-state index in [0.717, 1.165) is 11.1 Å². The number of fused-ring (bicyclic) bond motifs is 1. The molecule has 1 unspecified atom stereocenters. The lowest BCUT2D eigenvalue weighted by Gasteiger charge is -2.37. The molecule has 21 heavy (non-hydrogen) atoms. The summed E-state index contributed by atoms with van der Waals surface area (Å²) in [4.78, 5) is 11.9. The van der Waals surface area contributed by atoms with Gasteiger partial charge in [0.2, 0.25) is 5.91 Å². The molecule has 3 nitrogen and oxygen atoms in total. The van der Waals surface area contributed by atoms with Crippen LogP contribution in [0.1, 0.15) is 32.8 Å². The van der Waals surface area contributed by atoms with Crippen LogP contribution in [0.4, 0.5) is 0 Å². The summed E-state index contributed by atoms with van der Waals surface area (Å²) in [6, 6.07) is 12.5. The number of carbonyl (C=O) groups is 1. The zero-order valence-corrected chi connectivity index (χ0v) is 13.0. The van der Waals surface area contributed by atoms with Gasteiger partial charge in [0.05, 0.1) is 7.11 Å². The monoisotopic (exact) mass is 283 g/mol. The van der Waals surface area contributed by atoms with Gasteiger partial charge < -0.3 is 10.1 Å². The normalized spacial score (nSPS) is 24.1. The van der Waals surface area contributed by atoms with Crippen LogP contribution in [-0.2, 0) is 10.2 Å². The molecule has 0 aromatic heterocycles. The van der Waals surface area contributed by atoms with Crippen molar-refractivity contribution in [1.29, 1.82) is 0 Å². The van der Waals surface area contributed by atoms with Crippen LogP contribution < -0.4 is 10.1 Å². The van der Waals surface area contributed by atoms with Crippen molar-refractivity contribution in [1.82, 2.24) is 5.32 Å².